The minimum atomic E-state index is 0.419. The lowest BCUT2D eigenvalue weighted by atomic mass is 9.85. The molecule has 0 radical (unpaired) electrons. The third kappa shape index (κ3) is 4.82. The van der Waals surface area contributed by atoms with Crippen LogP contribution in [0, 0.1) is 5.92 Å². The number of benzene rings is 1. The molecule has 1 aromatic rings. The first-order chi connectivity index (χ1) is 9.67. The van der Waals surface area contributed by atoms with Crippen LogP contribution in [0.1, 0.15) is 58.4 Å². The smallest absolute Gasteiger partial charge is 0.120 e. The third-order valence-corrected chi connectivity index (χ3v) is 4.23. The van der Waals surface area contributed by atoms with Crippen LogP contribution in [0.3, 0.4) is 0 Å². The first-order valence-corrected chi connectivity index (χ1v) is 8.16. The molecule has 2 unspecified atom stereocenters. The second-order valence-corrected chi connectivity index (χ2v) is 6.36. The van der Waals surface area contributed by atoms with Crippen molar-refractivity contribution in [3.63, 3.8) is 0 Å². The summed E-state index contributed by atoms with van der Waals surface area (Å²) in [6, 6.07) is 9.06. The molecule has 0 bridgehead atoms. The Morgan fingerprint density at radius 3 is 2.90 bits per heavy atom. The minimum absolute atomic E-state index is 0.419. The molecule has 2 rings (SSSR count). The fourth-order valence-corrected chi connectivity index (χ4v) is 2.96. The van der Waals surface area contributed by atoms with E-state index in [1.807, 2.05) is 0 Å². The van der Waals surface area contributed by atoms with Crippen molar-refractivity contribution in [2.75, 3.05) is 0 Å². The van der Waals surface area contributed by atoms with E-state index >= 15 is 0 Å². The van der Waals surface area contributed by atoms with Gasteiger partial charge in [-0.15, -0.1) is 0 Å². The largest absolute Gasteiger partial charge is 0.490 e. The van der Waals surface area contributed by atoms with Crippen LogP contribution in [0.5, 0.6) is 5.75 Å². The van der Waals surface area contributed by atoms with Crippen LogP contribution in [-0.4, -0.2) is 12.1 Å². The Balaban J connectivity index is 1.90. The molecule has 2 nitrogen and oxygen atoms in total. The summed E-state index contributed by atoms with van der Waals surface area (Å²) in [7, 11) is 0. The van der Waals surface area contributed by atoms with Gasteiger partial charge in [0, 0.05) is 12.6 Å². The Morgan fingerprint density at radius 1 is 1.30 bits per heavy atom. The molecule has 2 heteroatoms. The summed E-state index contributed by atoms with van der Waals surface area (Å²) in [5, 5.41) is 3.45. The van der Waals surface area contributed by atoms with Crippen LogP contribution in [0.2, 0.25) is 0 Å². The average Bonchev–Trinajstić information content (AvgIpc) is 2.46. The average molecular weight is 275 g/mol. The van der Waals surface area contributed by atoms with E-state index < -0.39 is 0 Å². The molecule has 1 N–H and O–H groups in total. The molecular formula is C18H29NO. The van der Waals surface area contributed by atoms with Gasteiger partial charge in [0.1, 0.15) is 5.75 Å². The van der Waals surface area contributed by atoms with Gasteiger partial charge in [0.25, 0.3) is 0 Å². The predicted octanol–water partition coefficient (Wildman–Crippen LogP) is 4.53. The quantitative estimate of drug-likeness (QED) is 0.823. The van der Waals surface area contributed by atoms with Crippen LogP contribution >= 0.6 is 0 Å². The highest BCUT2D eigenvalue weighted by Gasteiger charge is 2.22. The predicted molar refractivity (Wildman–Crippen MR) is 85.1 cm³/mol. The van der Waals surface area contributed by atoms with Crippen LogP contribution in [-0.2, 0) is 6.54 Å². The van der Waals surface area contributed by atoms with Gasteiger partial charge < -0.3 is 10.1 Å². The summed E-state index contributed by atoms with van der Waals surface area (Å²) in [6.07, 6.45) is 6.85. The van der Waals surface area contributed by atoms with E-state index in [1.54, 1.807) is 0 Å². The van der Waals surface area contributed by atoms with E-state index in [2.05, 4.69) is 50.4 Å². The minimum Gasteiger partial charge on any atom is -0.490 e. The number of ether oxygens (including phenoxy) is 1. The highest BCUT2D eigenvalue weighted by Crippen LogP contribution is 2.29. The summed E-state index contributed by atoms with van der Waals surface area (Å²) in [5.41, 5.74) is 1.30. The zero-order valence-electron chi connectivity index (χ0n) is 13.2. The van der Waals surface area contributed by atoms with Gasteiger partial charge in [0.2, 0.25) is 0 Å². The molecule has 0 aliphatic heterocycles. The van der Waals surface area contributed by atoms with Crippen molar-refractivity contribution < 1.29 is 4.74 Å². The number of rotatable bonds is 6. The first-order valence-electron chi connectivity index (χ1n) is 8.16. The fraction of sp³-hybridized carbons (Fsp3) is 0.667. The molecule has 0 heterocycles. The van der Waals surface area contributed by atoms with Gasteiger partial charge in [-0.25, -0.2) is 0 Å². The SMILES string of the molecule is CCC1CCCC(Oc2cccc(CNC(C)C)c2)C1. The fourth-order valence-electron chi connectivity index (χ4n) is 2.96. The number of nitrogens with one attached hydrogen (secondary N) is 1. The molecule has 0 saturated heterocycles. The zero-order chi connectivity index (χ0) is 14.4. The van der Waals surface area contributed by atoms with E-state index in [0.717, 1.165) is 18.2 Å². The van der Waals surface area contributed by atoms with Crippen LogP contribution in [0.4, 0.5) is 0 Å². The molecule has 2 atom stereocenters. The van der Waals surface area contributed by atoms with Gasteiger partial charge in [-0.2, -0.15) is 0 Å². The van der Waals surface area contributed by atoms with Gasteiger partial charge in [0.05, 0.1) is 6.10 Å². The molecule has 1 fully saturated rings. The van der Waals surface area contributed by atoms with Crippen LogP contribution in [0.15, 0.2) is 24.3 Å². The van der Waals surface area contributed by atoms with Gasteiger partial charge in [-0.1, -0.05) is 45.7 Å². The van der Waals surface area contributed by atoms with Crippen LogP contribution in [0.25, 0.3) is 0 Å². The second-order valence-electron chi connectivity index (χ2n) is 6.36. The van der Waals surface area contributed by atoms with Crippen molar-refractivity contribution in [1.82, 2.24) is 5.32 Å². The Hall–Kier alpha value is -1.02. The van der Waals surface area contributed by atoms with Gasteiger partial charge in [0.15, 0.2) is 0 Å². The highest BCUT2D eigenvalue weighted by molar-refractivity contribution is 5.28. The molecule has 1 aliphatic rings. The molecule has 0 amide bonds. The van der Waals surface area contributed by atoms with Crippen molar-refractivity contribution in [3.05, 3.63) is 29.8 Å². The molecule has 1 saturated carbocycles. The Bertz CT molecular complexity index is 402. The highest BCUT2D eigenvalue weighted by atomic mass is 16.5. The van der Waals surface area contributed by atoms with Crippen molar-refractivity contribution >= 4 is 0 Å². The monoisotopic (exact) mass is 275 g/mol. The second kappa shape index (κ2) is 7.68. The summed E-state index contributed by atoms with van der Waals surface area (Å²) >= 11 is 0. The van der Waals surface area contributed by atoms with Crippen LogP contribution < -0.4 is 10.1 Å². The molecular weight excluding hydrogens is 246 g/mol. The van der Waals surface area contributed by atoms with Crippen molar-refractivity contribution in [2.24, 2.45) is 5.92 Å². The van der Waals surface area contributed by atoms with Crippen molar-refractivity contribution in [3.8, 4) is 5.75 Å². The molecule has 20 heavy (non-hydrogen) atoms. The van der Waals surface area contributed by atoms with Gasteiger partial charge >= 0.3 is 0 Å². The Labute approximate surface area is 123 Å². The lowest BCUT2D eigenvalue weighted by molar-refractivity contribution is 0.122. The molecule has 1 aliphatic carbocycles. The first kappa shape index (κ1) is 15.4. The van der Waals surface area contributed by atoms with Gasteiger partial charge in [-0.05, 0) is 42.9 Å². The Morgan fingerprint density at radius 2 is 2.15 bits per heavy atom. The maximum absolute atomic E-state index is 6.21. The molecule has 0 aromatic heterocycles. The standard InChI is InChI=1S/C18H29NO/c1-4-15-7-5-9-17(11-15)20-18-10-6-8-16(12-18)13-19-14(2)3/h6,8,10,12,14-15,17,19H,4-5,7,9,11,13H2,1-3H3. The lowest BCUT2D eigenvalue weighted by Crippen LogP contribution is -2.25. The summed E-state index contributed by atoms with van der Waals surface area (Å²) < 4.78 is 6.21. The van der Waals surface area contributed by atoms with Gasteiger partial charge in [-0.3, -0.25) is 0 Å². The Kier molecular flexibility index (Phi) is 5.90. The van der Waals surface area contributed by atoms with E-state index in [9.17, 15) is 0 Å². The van der Waals surface area contributed by atoms with Crippen molar-refractivity contribution in [2.45, 2.75) is 71.6 Å². The van der Waals surface area contributed by atoms with E-state index in [0.29, 0.717) is 12.1 Å². The molecule has 0 spiro atoms. The number of hydrogen-bond donors (Lipinski definition) is 1. The zero-order valence-corrected chi connectivity index (χ0v) is 13.2. The van der Waals surface area contributed by atoms with E-state index in [1.165, 1.54) is 37.7 Å². The topological polar surface area (TPSA) is 21.3 Å². The van der Waals surface area contributed by atoms with Crippen molar-refractivity contribution in [1.29, 1.82) is 0 Å². The summed E-state index contributed by atoms with van der Waals surface area (Å²) in [6.45, 7) is 7.56. The maximum Gasteiger partial charge on any atom is 0.120 e. The summed E-state index contributed by atoms with van der Waals surface area (Å²) in [5.74, 6) is 1.90. The molecule has 1 aromatic carbocycles. The van der Waals surface area contributed by atoms with E-state index in [-0.39, 0.29) is 0 Å². The number of hydrogen-bond acceptors (Lipinski definition) is 2. The van der Waals surface area contributed by atoms with E-state index in [4.69, 9.17) is 4.74 Å². The summed E-state index contributed by atoms with van der Waals surface area (Å²) in [4.78, 5) is 0. The molecule has 112 valence electrons. The third-order valence-electron chi connectivity index (χ3n) is 4.23. The maximum atomic E-state index is 6.21. The lowest BCUT2D eigenvalue weighted by Gasteiger charge is -2.29. The normalized spacial score (nSPS) is 23.0.